The molecule has 0 aliphatic carbocycles. The van der Waals surface area contributed by atoms with E-state index in [2.05, 4.69) is 0 Å². The number of hydrogen-bond acceptors (Lipinski definition) is 5. The van der Waals surface area contributed by atoms with Crippen LogP contribution in [0.2, 0.25) is 0 Å². The van der Waals surface area contributed by atoms with E-state index in [0.29, 0.717) is 33.2 Å². The Bertz CT molecular complexity index is 894. The van der Waals surface area contributed by atoms with Crippen LogP contribution in [0.5, 0.6) is 0 Å². The highest BCUT2D eigenvalue weighted by molar-refractivity contribution is 5.85. The lowest BCUT2D eigenvalue weighted by Crippen LogP contribution is -2.05. The van der Waals surface area contributed by atoms with Gasteiger partial charge in [0.15, 0.2) is 0 Å². The summed E-state index contributed by atoms with van der Waals surface area (Å²) >= 11 is 0. The zero-order chi connectivity index (χ0) is 16.4. The standard InChI is InChI=1S/C18H16O5/c19-8-11-1-3-12(4-2-11)14-7-15-16(10-21)13(9-20)5-6-17(15)23-18(14)22/h1-7,19-21H,8-10H2. The van der Waals surface area contributed by atoms with Crippen LogP contribution in [-0.4, -0.2) is 15.3 Å². The van der Waals surface area contributed by atoms with E-state index in [-0.39, 0.29) is 19.8 Å². The Morgan fingerprint density at radius 1 is 0.870 bits per heavy atom. The highest BCUT2D eigenvalue weighted by Crippen LogP contribution is 2.26. The van der Waals surface area contributed by atoms with Crippen molar-refractivity contribution in [1.29, 1.82) is 0 Å². The normalized spacial score (nSPS) is 11.1. The molecule has 0 saturated carbocycles. The Hall–Kier alpha value is -2.47. The maximum Gasteiger partial charge on any atom is 0.344 e. The molecule has 0 fully saturated rings. The van der Waals surface area contributed by atoms with Gasteiger partial charge in [-0.1, -0.05) is 30.3 Å². The number of aliphatic hydroxyl groups is 3. The van der Waals surface area contributed by atoms with Crippen molar-refractivity contribution in [3.05, 3.63) is 69.6 Å². The Morgan fingerprint density at radius 2 is 1.61 bits per heavy atom. The first-order valence-electron chi connectivity index (χ1n) is 7.18. The molecule has 3 aromatic rings. The minimum atomic E-state index is -0.477. The van der Waals surface area contributed by atoms with Crippen LogP contribution in [0, 0.1) is 0 Å². The Kier molecular flexibility index (Phi) is 4.25. The van der Waals surface area contributed by atoms with E-state index in [0.717, 1.165) is 5.56 Å². The zero-order valence-electron chi connectivity index (χ0n) is 12.3. The number of hydrogen-bond donors (Lipinski definition) is 3. The zero-order valence-corrected chi connectivity index (χ0v) is 12.3. The molecule has 23 heavy (non-hydrogen) atoms. The molecule has 0 aliphatic heterocycles. The molecule has 0 spiro atoms. The van der Waals surface area contributed by atoms with Crippen molar-refractivity contribution in [3.63, 3.8) is 0 Å². The monoisotopic (exact) mass is 312 g/mol. The molecule has 0 saturated heterocycles. The molecular weight excluding hydrogens is 296 g/mol. The van der Waals surface area contributed by atoms with E-state index in [1.807, 2.05) is 0 Å². The van der Waals surface area contributed by atoms with Crippen molar-refractivity contribution in [2.24, 2.45) is 0 Å². The summed E-state index contributed by atoms with van der Waals surface area (Å²) < 4.78 is 5.35. The summed E-state index contributed by atoms with van der Waals surface area (Å²) in [6.45, 7) is -0.531. The van der Waals surface area contributed by atoms with Crippen molar-refractivity contribution < 1.29 is 19.7 Å². The molecule has 5 heteroatoms. The van der Waals surface area contributed by atoms with E-state index < -0.39 is 5.63 Å². The van der Waals surface area contributed by atoms with Gasteiger partial charge in [-0.2, -0.15) is 0 Å². The summed E-state index contributed by atoms with van der Waals surface area (Å²) in [5, 5.41) is 28.7. The third-order valence-corrected chi connectivity index (χ3v) is 3.90. The molecule has 5 nitrogen and oxygen atoms in total. The fraction of sp³-hybridized carbons (Fsp3) is 0.167. The second kappa shape index (κ2) is 6.34. The van der Waals surface area contributed by atoms with Gasteiger partial charge < -0.3 is 19.7 Å². The van der Waals surface area contributed by atoms with Crippen LogP contribution in [-0.2, 0) is 19.8 Å². The maximum atomic E-state index is 12.2. The largest absolute Gasteiger partial charge is 0.422 e. The predicted octanol–water partition coefficient (Wildman–Crippen LogP) is 1.94. The van der Waals surface area contributed by atoms with Crippen LogP contribution in [0.4, 0.5) is 0 Å². The summed E-state index contributed by atoms with van der Waals surface area (Å²) in [5.74, 6) is 0. The van der Waals surface area contributed by atoms with Crippen LogP contribution < -0.4 is 5.63 Å². The number of benzene rings is 2. The Morgan fingerprint density at radius 3 is 2.22 bits per heavy atom. The fourth-order valence-electron chi connectivity index (χ4n) is 2.62. The third kappa shape index (κ3) is 2.77. The van der Waals surface area contributed by atoms with Gasteiger partial charge in [-0.05, 0) is 34.4 Å². The lowest BCUT2D eigenvalue weighted by atomic mass is 9.99. The molecule has 0 radical (unpaired) electrons. The minimum Gasteiger partial charge on any atom is -0.422 e. The first-order valence-corrected chi connectivity index (χ1v) is 7.18. The van der Waals surface area contributed by atoms with Crippen LogP contribution in [0.25, 0.3) is 22.1 Å². The predicted molar refractivity (Wildman–Crippen MR) is 85.7 cm³/mol. The summed E-state index contributed by atoms with van der Waals surface area (Å²) in [7, 11) is 0. The summed E-state index contributed by atoms with van der Waals surface area (Å²) in [6.07, 6.45) is 0. The van der Waals surface area contributed by atoms with Gasteiger partial charge in [-0.25, -0.2) is 4.79 Å². The molecule has 0 aliphatic rings. The second-order valence-corrected chi connectivity index (χ2v) is 5.23. The molecule has 1 heterocycles. The highest BCUT2D eigenvalue weighted by atomic mass is 16.4. The SMILES string of the molecule is O=c1oc2ccc(CO)c(CO)c2cc1-c1ccc(CO)cc1. The molecular formula is C18H16O5. The minimum absolute atomic E-state index is 0.0683. The first kappa shape index (κ1) is 15.4. The molecule has 1 aromatic heterocycles. The lowest BCUT2D eigenvalue weighted by Gasteiger charge is -2.10. The highest BCUT2D eigenvalue weighted by Gasteiger charge is 2.13. The van der Waals surface area contributed by atoms with Gasteiger partial charge in [0.05, 0.1) is 25.4 Å². The van der Waals surface area contributed by atoms with Gasteiger partial charge >= 0.3 is 5.63 Å². The molecule has 0 bridgehead atoms. The van der Waals surface area contributed by atoms with Crippen molar-refractivity contribution >= 4 is 11.0 Å². The van der Waals surface area contributed by atoms with Gasteiger partial charge in [0.25, 0.3) is 0 Å². The number of rotatable bonds is 4. The van der Waals surface area contributed by atoms with Crippen LogP contribution >= 0.6 is 0 Å². The molecule has 118 valence electrons. The average molecular weight is 312 g/mol. The second-order valence-electron chi connectivity index (χ2n) is 5.23. The fourth-order valence-corrected chi connectivity index (χ4v) is 2.62. The van der Waals surface area contributed by atoms with E-state index >= 15 is 0 Å². The van der Waals surface area contributed by atoms with Crippen molar-refractivity contribution in [1.82, 2.24) is 0 Å². The van der Waals surface area contributed by atoms with E-state index in [9.17, 15) is 15.0 Å². The topological polar surface area (TPSA) is 90.9 Å². The lowest BCUT2D eigenvalue weighted by molar-refractivity contribution is 0.261. The molecule has 3 rings (SSSR count). The van der Waals surface area contributed by atoms with Crippen LogP contribution in [0.15, 0.2) is 51.7 Å². The number of fused-ring (bicyclic) bond motifs is 1. The van der Waals surface area contributed by atoms with Crippen molar-refractivity contribution in [3.8, 4) is 11.1 Å². The Labute approximate surface area is 132 Å². The van der Waals surface area contributed by atoms with Gasteiger partial charge in [0, 0.05) is 5.39 Å². The average Bonchev–Trinajstić information content (AvgIpc) is 2.60. The van der Waals surface area contributed by atoms with Gasteiger partial charge in [-0.15, -0.1) is 0 Å². The maximum absolute atomic E-state index is 12.2. The summed E-state index contributed by atoms with van der Waals surface area (Å²) in [6, 6.07) is 11.8. The molecule has 2 aromatic carbocycles. The van der Waals surface area contributed by atoms with Gasteiger partial charge in [-0.3, -0.25) is 0 Å². The number of aliphatic hydroxyl groups excluding tert-OH is 3. The summed E-state index contributed by atoms with van der Waals surface area (Å²) in [5.41, 5.74) is 2.81. The van der Waals surface area contributed by atoms with E-state index in [4.69, 9.17) is 9.52 Å². The quantitative estimate of drug-likeness (QED) is 0.640. The summed E-state index contributed by atoms with van der Waals surface area (Å²) in [4.78, 5) is 12.2. The molecule has 0 amide bonds. The van der Waals surface area contributed by atoms with Gasteiger partial charge in [0.2, 0.25) is 0 Å². The smallest absolute Gasteiger partial charge is 0.344 e. The van der Waals surface area contributed by atoms with Crippen molar-refractivity contribution in [2.45, 2.75) is 19.8 Å². The van der Waals surface area contributed by atoms with E-state index in [1.165, 1.54) is 0 Å². The van der Waals surface area contributed by atoms with E-state index in [1.54, 1.807) is 42.5 Å². The third-order valence-electron chi connectivity index (χ3n) is 3.90. The first-order chi connectivity index (χ1) is 11.2. The molecule has 0 unspecified atom stereocenters. The molecule has 3 N–H and O–H groups in total. The Balaban J connectivity index is 2.24. The van der Waals surface area contributed by atoms with Crippen LogP contribution in [0.3, 0.4) is 0 Å². The van der Waals surface area contributed by atoms with Crippen LogP contribution in [0.1, 0.15) is 16.7 Å². The van der Waals surface area contributed by atoms with Crippen molar-refractivity contribution in [2.75, 3.05) is 0 Å². The molecule has 0 atom stereocenters. The van der Waals surface area contributed by atoms with Gasteiger partial charge in [0.1, 0.15) is 5.58 Å².